The standard InChI is InChI=1S/C14H18N4O3/c19-13(9-2-1-3-9)11-8-15-6-7-18(11)12-5-4-10(14(20)21)16-17-12/h4-5,9,11,15H,1-3,6-8H2,(H,20,21). The summed E-state index contributed by atoms with van der Waals surface area (Å²) >= 11 is 0. The maximum absolute atomic E-state index is 12.5. The van der Waals surface area contributed by atoms with Gasteiger partial charge in [-0.25, -0.2) is 4.79 Å². The molecule has 1 aliphatic carbocycles. The normalized spacial score (nSPS) is 22.7. The number of hydrogen-bond donors (Lipinski definition) is 2. The van der Waals surface area contributed by atoms with Gasteiger partial charge in [-0.05, 0) is 25.0 Å². The van der Waals surface area contributed by atoms with Crippen LogP contribution in [0.15, 0.2) is 12.1 Å². The minimum atomic E-state index is -1.10. The Morgan fingerprint density at radius 3 is 2.67 bits per heavy atom. The van der Waals surface area contributed by atoms with Crippen LogP contribution in [0.4, 0.5) is 5.82 Å². The molecule has 0 aromatic carbocycles. The second-order valence-electron chi connectivity index (χ2n) is 5.53. The summed E-state index contributed by atoms with van der Waals surface area (Å²) < 4.78 is 0. The fourth-order valence-electron chi connectivity index (χ4n) is 2.79. The number of carboxylic acids is 1. The van der Waals surface area contributed by atoms with Crippen LogP contribution in [-0.4, -0.2) is 52.7 Å². The van der Waals surface area contributed by atoms with Gasteiger partial charge in [0.25, 0.3) is 0 Å². The first-order chi connectivity index (χ1) is 10.2. The molecule has 1 atom stereocenters. The Bertz CT molecular complexity index is 542. The van der Waals surface area contributed by atoms with Crippen LogP contribution in [0.1, 0.15) is 29.8 Å². The molecule has 0 bridgehead atoms. The largest absolute Gasteiger partial charge is 0.476 e. The number of nitrogens with zero attached hydrogens (tertiary/aromatic N) is 3. The summed E-state index contributed by atoms with van der Waals surface area (Å²) in [6.07, 6.45) is 3.09. The first kappa shape index (κ1) is 13.9. The highest BCUT2D eigenvalue weighted by Crippen LogP contribution is 2.30. The summed E-state index contributed by atoms with van der Waals surface area (Å²) in [5.41, 5.74) is -0.0873. The summed E-state index contributed by atoms with van der Waals surface area (Å²) in [6, 6.07) is 2.83. The fraction of sp³-hybridized carbons (Fsp3) is 0.571. The number of Topliss-reactive ketones (excluding diaryl/α,β-unsaturated/α-hetero) is 1. The molecule has 1 saturated carbocycles. The molecule has 0 amide bonds. The number of carbonyl (C=O) groups is 2. The van der Waals surface area contributed by atoms with Gasteiger partial charge in [0.1, 0.15) is 6.04 Å². The number of piperazine rings is 1. The zero-order valence-electron chi connectivity index (χ0n) is 11.7. The van der Waals surface area contributed by atoms with Crippen LogP contribution in [0, 0.1) is 5.92 Å². The summed E-state index contributed by atoms with van der Waals surface area (Å²) in [6.45, 7) is 2.05. The zero-order chi connectivity index (χ0) is 14.8. The minimum Gasteiger partial charge on any atom is -0.476 e. The maximum atomic E-state index is 12.5. The average Bonchev–Trinajstić information content (AvgIpc) is 2.45. The third-order valence-electron chi connectivity index (χ3n) is 4.24. The number of nitrogens with one attached hydrogen (secondary N) is 1. The molecule has 7 nitrogen and oxygen atoms in total. The van der Waals surface area contributed by atoms with Crippen molar-refractivity contribution in [2.45, 2.75) is 25.3 Å². The fourth-order valence-corrected chi connectivity index (χ4v) is 2.79. The molecule has 21 heavy (non-hydrogen) atoms. The third-order valence-corrected chi connectivity index (χ3v) is 4.24. The van der Waals surface area contributed by atoms with Gasteiger partial charge in [0, 0.05) is 25.6 Å². The quantitative estimate of drug-likeness (QED) is 0.824. The molecule has 0 radical (unpaired) electrons. The lowest BCUT2D eigenvalue weighted by Crippen LogP contribution is -2.57. The van der Waals surface area contributed by atoms with Crippen LogP contribution >= 0.6 is 0 Å². The summed E-state index contributed by atoms with van der Waals surface area (Å²) in [5.74, 6) is -0.100. The van der Waals surface area contributed by atoms with E-state index in [2.05, 4.69) is 15.5 Å². The van der Waals surface area contributed by atoms with Gasteiger partial charge in [0.15, 0.2) is 17.3 Å². The lowest BCUT2D eigenvalue weighted by atomic mass is 9.79. The van der Waals surface area contributed by atoms with Crippen LogP contribution in [-0.2, 0) is 4.79 Å². The second-order valence-corrected chi connectivity index (χ2v) is 5.53. The number of aromatic carboxylic acids is 1. The van der Waals surface area contributed by atoms with Crippen molar-refractivity contribution in [2.24, 2.45) is 5.92 Å². The number of carboxylic acid groups (broad SMARTS) is 1. The number of carbonyl (C=O) groups excluding carboxylic acids is 1. The smallest absolute Gasteiger partial charge is 0.356 e. The number of anilines is 1. The van der Waals surface area contributed by atoms with E-state index in [1.165, 1.54) is 6.07 Å². The lowest BCUT2D eigenvalue weighted by Gasteiger charge is -2.39. The molecule has 1 saturated heterocycles. The summed E-state index contributed by atoms with van der Waals surface area (Å²) in [7, 11) is 0. The maximum Gasteiger partial charge on any atom is 0.356 e. The monoisotopic (exact) mass is 290 g/mol. The van der Waals surface area contributed by atoms with Crippen LogP contribution in [0.3, 0.4) is 0 Å². The minimum absolute atomic E-state index is 0.0873. The highest BCUT2D eigenvalue weighted by molar-refractivity contribution is 5.90. The molecule has 1 unspecified atom stereocenters. The number of rotatable bonds is 4. The Balaban J connectivity index is 1.79. The van der Waals surface area contributed by atoms with Crippen LogP contribution in [0.25, 0.3) is 0 Å². The lowest BCUT2D eigenvalue weighted by molar-refractivity contribution is -0.126. The van der Waals surface area contributed by atoms with Crippen LogP contribution < -0.4 is 10.2 Å². The predicted molar refractivity (Wildman–Crippen MR) is 75.3 cm³/mol. The highest BCUT2D eigenvalue weighted by atomic mass is 16.4. The van der Waals surface area contributed by atoms with E-state index in [0.717, 1.165) is 25.8 Å². The number of aromatic nitrogens is 2. The molecule has 3 rings (SSSR count). The molecule has 0 spiro atoms. The van der Waals surface area contributed by atoms with E-state index in [4.69, 9.17) is 5.11 Å². The summed E-state index contributed by atoms with van der Waals surface area (Å²) in [4.78, 5) is 25.3. The molecule has 112 valence electrons. The van der Waals surface area contributed by atoms with Crippen molar-refractivity contribution in [1.82, 2.24) is 15.5 Å². The molecule has 1 aliphatic heterocycles. The van der Waals surface area contributed by atoms with Gasteiger partial charge < -0.3 is 15.3 Å². The zero-order valence-corrected chi connectivity index (χ0v) is 11.7. The molecule has 2 aliphatic rings. The van der Waals surface area contributed by atoms with Gasteiger partial charge in [-0.2, -0.15) is 0 Å². The van der Waals surface area contributed by atoms with E-state index < -0.39 is 5.97 Å². The van der Waals surface area contributed by atoms with E-state index >= 15 is 0 Å². The molecule has 1 aromatic heterocycles. The third kappa shape index (κ3) is 2.73. The van der Waals surface area contributed by atoms with Crippen LogP contribution in [0.2, 0.25) is 0 Å². The van der Waals surface area contributed by atoms with Gasteiger partial charge in [-0.3, -0.25) is 4.79 Å². The molecular weight excluding hydrogens is 272 g/mol. The topological polar surface area (TPSA) is 95.4 Å². The van der Waals surface area contributed by atoms with Crippen molar-refractivity contribution in [3.63, 3.8) is 0 Å². The Kier molecular flexibility index (Phi) is 3.83. The Hall–Kier alpha value is -2.02. The van der Waals surface area contributed by atoms with Gasteiger partial charge in [0.2, 0.25) is 0 Å². The SMILES string of the molecule is O=C(O)c1ccc(N2CCNCC2C(=O)C2CCC2)nn1. The number of ketones is 1. The highest BCUT2D eigenvalue weighted by Gasteiger charge is 2.36. The van der Waals surface area contributed by atoms with Crippen molar-refractivity contribution in [2.75, 3.05) is 24.5 Å². The van der Waals surface area contributed by atoms with Gasteiger partial charge in [0.05, 0.1) is 0 Å². The molecule has 2 fully saturated rings. The van der Waals surface area contributed by atoms with Gasteiger partial charge >= 0.3 is 5.97 Å². The van der Waals surface area contributed by atoms with Crippen molar-refractivity contribution < 1.29 is 14.7 Å². The molecule has 2 N–H and O–H groups in total. The van der Waals surface area contributed by atoms with Gasteiger partial charge in [-0.15, -0.1) is 10.2 Å². The predicted octanol–water partition coefficient (Wildman–Crippen LogP) is 0.322. The van der Waals surface area contributed by atoms with Crippen molar-refractivity contribution in [1.29, 1.82) is 0 Å². The Morgan fingerprint density at radius 2 is 2.10 bits per heavy atom. The van der Waals surface area contributed by atoms with Crippen molar-refractivity contribution in [3.05, 3.63) is 17.8 Å². The molecule has 1 aromatic rings. The first-order valence-electron chi connectivity index (χ1n) is 7.25. The molecule has 7 heteroatoms. The van der Waals surface area contributed by atoms with E-state index in [1.807, 2.05) is 4.90 Å². The molecule has 2 heterocycles. The Labute approximate surface area is 122 Å². The van der Waals surface area contributed by atoms with E-state index in [9.17, 15) is 9.59 Å². The average molecular weight is 290 g/mol. The summed E-state index contributed by atoms with van der Waals surface area (Å²) in [5, 5.41) is 19.8. The Morgan fingerprint density at radius 1 is 1.29 bits per heavy atom. The van der Waals surface area contributed by atoms with Crippen LogP contribution in [0.5, 0.6) is 0 Å². The molecular formula is C14H18N4O3. The number of hydrogen-bond acceptors (Lipinski definition) is 6. The second kappa shape index (κ2) is 5.77. The van der Waals surface area contributed by atoms with Gasteiger partial charge in [-0.1, -0.05) is 6.42 Å². The first-order valence-corrected chi connectivity index (χ1v) is 7.25. The van der Waals surface area contributed by atoms with E-state index in [1.54, 1.807) is 6.07 Å². The van der Waals surface area contributed by atoms with E-state index in [0.29, 0.717) is 18.9 Å². The van der Waals surface area contributed by atoms with Crippen molar-refractivity contribution in [3.8, 4) is 0 Å². The van der Waals surface area contributed by atoms with E-state index in [-0.39, 0.29) is 23.4 Å². The van der Waals surface area contributed by atoms with Crippen molar-refractivity contribution >= 4 is 17.6 Å².